The van der Waals surface area contributed by atoms with E-state index in [9.17, 15) is 18.0 Å². The van der Waals surface area contributed by atoms with Gasteiger partial charge in [-0.25, -0.2) is 8.42 Å². The van der Waals surface area contributed by atoms with E-state index in [0.717, 1.165) is 0 Å². The van der Waals surface area contributed by atoms with Crippen LogP contribution in [0.4, 0.5) is 0 Å². The van der Waals surface area contributed by atoms with Gasteiger partial charge in [-0.2, -0.15) is 4.31 Å². The van der Waals surface area contributed by atoms with Gasteiger partial charge in [-0.15, -0.1) is 0 Å². The molecule has 1 saturated heterocycles. The number of aliphatic carboxylic acids is 1. The van der Waals surface area contributed by atoms with Crippen molar-refractivity contribution in [3.8, 4) is 0 Å². The van der Waals surface area contributed by atoms with E-state index in [1.165, 1.54) is 33.5 Å². The Hall–Kier alpha value is -1.64. The van der Waals surface area contributed by atoms with Crippen molar-refractivity contribution in [3.63, 3.8) is 0 Å². The molecular formula is C17H23ClN2O5S. The van der Waals surface area contributed by atoms with Crippen LogP contribution in [0.3, 0.4) is 0 Å². The zero-order valence-corrected chi connectivity index (χ0v) is 16.2. The second kappa shape index (κ2) is 8.83. The lowest BCUT2D eigenvalue weighted by atomic mass is 9.98. The second-order valence-electron chi connectivity index (χ2n) is 6.41. The Kier molecular flexibility index (Phi) is 7.02. The molecule has 1 aliphatic rings. The van der Waals surface area contributed by atoms with Gasteiger partial charge in [0.15, 0.2) is 0 Å². The van der Waals surface area contributed by atoms with Gasteiger partial charge < -0.3 is 10.0 Å². The van der Waals surface area contributed by atoms with Crippen molar-refractivity contribution in [1.82, 2.24) is 9.21 Å². The molecule has 26 heavy (non-hydrogen) atoms. The van der Waals surface area contributed by atoms with Crippen LogP contribution < -0.4 is 0 Å². The maximum atomic E-state index is 12.8. The van der Waals surface area contributed by atoms with Gasteiger partial charge >= 0.3 is 5.97 Å². The van der Waals surface area contributed by atoms with E-state index in [4.69, 9.17) is 16.7 Å². The minimum atomic E-state index is -3.67. The summed E-state index contributed by atoms with van der Waals surface area (Å²) in [7, 11) is -2.05. The van der Waals surface area contributed by atoms with Crippen molar-refractivity contribution in [1.29, 1.82) is 0 Å². The number of carbonyl (C=O) groups is 2. The maximum absolute atomic E-state index is 12.8. The Morgan fingerprint density at radius 2 is 1.96 bits per heavy atom. The quantitative estimate of drug-likeness (QED) is 0.753. The molecule has 0 aromatic heterocycles. The molecule has 0 bridgehead atoms. The number of amides is 1. The van der Waals surface area contributed by atoms with Crippen molar-refractivity contribution in [2.75, 3.05) is 26.7 Å². The third-order valence-corrected chi connectivity index (χ3v) is 6.58. The molecule has 0 aliphatic carbocycles. The van der Waals surface area contributed by atoms with Crippen LogP contribution in [-0.4, -0.2) is 61.3 Å². The molecule has 9 heteroatoms. The molecule has 1 aromatic rings. The number of hydrogen-bond acceptors (Lipinski definition) is 4. The zero-order valence-electron chi connectivity index (χ0n) is 14.6. The number of nitrogens with zero attached hydrogens (tertiary/aromatic N) is 2. The van der Waals surface area contributed by atoms with Gasteiger partial charge in [0.1, 0.15) is 0 Å². The second-order valence-corrected chi connectivity index (χ2v) is 8.79. The normalized spacial score (nSPS) is 18.5. The average molecular weight is 403 g/mol. The van der Waals surface area contributed by atoms with E-state index in [2.05, 4.69) is 0 Å². The number of carboxylic acid groups (broad SMARTS) is 1. The summed E-state index contributed by atoms with van der Waals surface area (Å²) in [6.45, 7) is 0.843. The number of piperidine rings is 1. The molecule has 2 rings (SSSR count). The summed E-state index contributed by atoms with van der Waals surface area (Å²) in [5.74, 6) is -1.46. The number of carbonyl (C=O) groups excluding carboxylic acids is 1. The van der Waals surface area contributed by atoms with Crippen molar-refractivity contribution >= 4 is 33.5 Å². The van der Waals surface area contributed by atoms with E-state index in [0.29, 0.717) is 37.4 Å². The lowest BCUT2D eigenvalue weighted by Crippen LogP contribution is -2.46. The van der Waals surface area contributed by atoms with Crippen LogP contribution >= 0.6 is 11.6 Å². The summed E-state index contributed by atoms with van der Waals surface area (Å²) >= 11 is 5.81. The number of carboxylic acids is 1. The number of halogens is 1. The Morgan fingerprint density at radius 3 is 2.58 bits per heavy atom. The Bertz CT molecular complexity index is 751. The zero-order chi connectivity index (χ0) is 19.3. The SMILES string of the molecule is CN(CCCC(=O)O)C(=O)[C@H]1CCCN(S(=O)(=O)c2ccc(Cl)cc2)C1. The van der Waals surface area contributed by atoms with Crippen LogP contribution in [0.5, 0.6) is 0 Å². The summed E-state index contributed by atoms with van der Waals surface area (Å²) < 4.78 is 26.9. The molecule has 1 N–H and O–H groups in total. The highest BCUT2D eigenvalue weighted by Gasteiger charge is 2.34. The van der Waals surface area contributed by atoms with Crippen LogP contribution in [0.25, 0.3) is 0 Å². The molecular weight excluding hydrogens is 380 g/mol. The van der Waals surface area contributed by atoms with Crippen LogP contribution in [0.15, 0.2) is 29.2 Å². The van der Waals surface area contributed by atoms with E-state index >= 15 is 0 Å². The lowest BCUT2D eigenvalue weighted by molar-refractivity contribution is -0.139. The summed E-state index contributed by atoms with van der Waals surface area (Å²) in [5, 5.41) is 9.14. The molecule has 7 nitrogen and oxygen atoms in total. The molecule has 1 heterocycles. The van der Waals surface area contributed by atoms with Gasteiger partial charge in [-0.1, -0.05) is 11.6 Å². The van der Waals surface area contributed by atoms with Crippen molar-refractivity contribution in [2.45, 2.75) is 30.6 Å². The first-order valence-electron chi connectivity index (χ1n) is 8.44. The first-order chi connectivity index (χ1) is 12.2. The minimum Gasteiger partial charge on any atom is -0.481 e. The molecule has 1 amide bonds. The summed E-state index contributed by atoms with van der Waals surface area (Å²) in [6, 6.07) is 5.97. The van der Waals surface area contributed by atoms with Crippen LogP contribution in [0.1, 0.15) is 25.7 Å². The Balaban J connectivity index is 2.02. The topological polar surface area (TPSA) is 95.0 Å². The Morgan fingerprint density at radius 1 is 1.31 bits per heavy atom. The molecule has 0 unspecified atom stereocenters. The van der Waals surface area contributed by atoms with Gasteiger partial charge in [0.2, 0.25) is 15.9 Å². The third kappa shape index (κ3) is 5.18. The van der Waals surface area contributed by atoms with E-state index in [-0.39, 0.29) is 23.8 Å². The monoisotopic (exact) mass is 402 g/mol. The first kappa shape index (κ1) is 20.7. The predicted molar refractivity (Wildman–Crippen MR) is 97.4 cm³/mol. The molecule has 144 valence electrons. The van der Waals surface area contributed by atoms with Crippen LogP contribution in [0.2, 0.25) is 5.02 Å². The summed E-state index contributed by atoms with van der Waals surface area (Å²) in [6.07, 6.45) is 1.59. The molecule has 1 fully saturated rings. The number of rotatable bonds is 7. The fraction of sp³-hybridized carbons (Fsp3) is 0.529. The average Bonchev–Trinajstić information content (AvgIpc) is 2.61. The highest BCUT2D eigenvalue weighted by atomic mass is 35.5. The van der Waals surface area contributed by atoms with Crippen molar-refractivity contribution in [2.24, 2.45) is 5.92 Å². The highest BCUT2D eigenvalue weighted by molar-refractivity contribution is 7.89. The van der Waals surface area contributed by atoms with Gasteiger partial charge in [0.05, 0.1) is 10.8 Å². The van der Waals surface area contributed by atoms with E-state index in [1.807, 2.05) is 0 Å². The van der Waals surface area contributed by atoms with Gasteiger partial charge in [0, 0.05) is 38.1 Å². The van der Waals surface area contributed by atoms with Crippen molar-refractivity contribution in [3.05, 3.63) is 29.3 Å². The molecule has 1 atom stereocenters. The fourth-order valence-corrected chi connectivity index (χ4v) is 4.66. The molecule has 1 aromatic carbocycles. The van der Waals surface area contributed by atoms with Gasteiger partial charge in [0.25, 0.3) is 0 Å². The van der Waals surface area contributed by atoms with E-state index in [1.54, 1.807) is 7.05 Å². The highest BCUT2D eigenvalue weighted by Crippen LogP contribution is 2.25. The molecule has 1 aliphatic heterocycles. The molecule has 0 saturated carbocycles. The standard InChI is InChI=1S/C17H23ClN2O5S/c1-19(10-3-5-16(21)22)17(23)13-4-2-11-20(12-13)26(24,25)15-8-6-14(18)7-9-15/h6-9,13H,2-5,10-12H2,1H3,(H,21,22)/t13-/m0/s1. The smallest absolute Gasteiger partial charge is 0.303 e. The van der Waals surface area contributed by atoms with Gasteiger partial charge in [-0.05, 0) is 43.5 Å². The lowest BCUT2D eigenvalue weighted by Gasteiger charge is -2.33. The first-order valence-corrected chi connectivity index (χ1v) is 10.3. The summed E-state index contributed by atoms with van der Waals surface area (Å²) in [4.78, 5) is 24.8. The molecule has 0 radical (unpaired) electrons. The van der Waals surface area contributed by atoms with E-state index < -0.39 is 21.9 Å². The largest absolute Gasteiger partial charge is 0.481 e. The summed E-state index contributed by atoms with van der Waals surface area (Å²) in [5.41, 5.74) is 0. The van der Waals surface area contributed by atoms with Crippen molar-refractivity contribution < 1.29 is 23.1 Å². The third-order valence-electron chi connectivity index (χ3n) is 4.45. The van der Waals surface area contributed by atoms with Gasteiger partial charge in [-0.3, -0.25) is 9.59 Å². The predicted octanol–water partition coefficient (Wildman–Crippen LogP) is 2.06. The fourth-order valence-electron chi connectivity index (χ4n) is 3.01. The minimum absolute atomic E-state index is 0.000637. The molecule has 0 spiro atoms. The van der Waals surface area contributed by atoms with Crippen LogP contribution in [0, 0.1) is 5.92 Å². The Labute approximate surface area is 158 Å². The van der Waals surface area contributed by atoms with Crippen LogP contribution in [-0.2, 0) is 19.6 Å². The maximum Gasteiger partial charge on any atom is 0.303 e. The number of benzene rings is 1. The number of hydrogen-bond donors (Lipinski definition) is 1. The number of sulfonamides is 1.